The number of imide groups is 1. The summed E-state index contributed by atoms with van der Waals surface area (Å²) in [5.74, 6) is -1.26. The van der Waals surface area contributed by atoms with E-state index < -0.39 is 43.4 Å². The van der Waals surface area contributed by atoms with Crippen molar-refractivity contribution in [3.63, 3.8) is 0 Å². The monoisotopic (exact) mass is 535 g/mol. The number of primary sulfonamides is 1. The molecule has 196 valence electrons. The molecule has 1 fully saturated rings. The van der Waals surface area contributed by atoms with Gasteiger partial charge in [-0.25, -0.2) is 26.9 Å². The van der Waals surface area contributed by atoms with E-state index in [2.05, 4.69) is 0 Å². The third-order valence-electron chi connectivity index (χ3n) is 7.11. The second-order valence-corrected chi connectivity index (χ2v) is 13.2. The Morgan fingerprint density at radius 1 is 0.972 bits per heavy atom. The van der Waals surface area contributed by atoms with Crippen LogP contribution in [-0.2, 0) is 29.6 Å². The second-order valence-electron chi connectivity index (χ2n) is 9.88. The maximum atomic E-state index is 14.3. The molecule has 1 saturated heterocycles. The molecule has 0 saturated carbocycles. The molecule has 11 heteroatoms. The number of rotatable bonds is 7. The average Bonchev–Trinajstić information content (AvgIpc) is 3.04. The van der Waals surface area contributed by atoms with Gasteiger partial charge in [-0.2, -0.15) is 4.31 Å². The highest BCUT2D eigenvalue weighted by Crippen LogP contribution is 2.38. The van der Waals surface area contributed by atoms with Crippen LogP contribution in [0.25, 0.3) is 0 Å². The second kappa shape index (κ2) is 9.37. The Hall–Kier alpha value is -2.60. The highest BCUT2D eigenvalue weighted by molar-refractivity contribution is 7.89. The Morgan fingerprint density at radius 2 is 1.47 bits per heavy atom. The molecule has 1 heterocycles. The van der Waals surface area contributed by atoms with Gasteiger partial charge in [0.2, 0.25) is 26.0 Å². The summed E-state index contributed by atoms with van der Waals surface area (Å²) in [4.78, 5) is 27.6. The molecule has 1 unspecified atom stereocenters. The van der Waals surface area contributed by atoms with Crippen LogP contribution < -0.4 is 10.0 Å². The van der Waals surface area contributed by atoms with Crippen LogP contribution in [0.2, 0.25) is 0 Å². The lowest BCUT2D eigenvalue weighted by Gasteiger charge is -2.40. The van der Waals surface area contributed by atoms with Crippen molar-refractivity contribution in [3.8, 4) is 0 Å². The van der Waals surface area contributed by atoms with E-state index >= 15 is 0 Å². The van der Waals surface area contributed by atoms with Crippen molar-refractivity contribution in [3.05, 3.63) is 52.6 Å². The largest absolute Gasteiger partial charge is 0.274 e. The summed E-state index contributed by atoms with van der Waals surface area (Å²) in [5.41, 5.74) is 1.99. The van der Waals surface area contributed by atoms with E-state index in [0.29, 0.717) is 17.5 Å². The van der Waals surface area contributed by atoms with Gasteiger partial charge in [0.25, 0.3) is 5.91 Å². The third kappa shape index (κ3) is 4.72. The minimum absolute atomic E-state index is 0.144. The van der Waals surface area contributed by atoms with Gasteiger partial charge in [-0.15, -0.1) is 0 Å². The number of carbonyl (C=O) groups excluding carboxylic acids is 2. The van der Waals surface area contributed by atoms with Crippen LogP contribution in [0.1, 0.15) is 55.9 Å². The molecule has 2 aromatic rings. The number of hydrogen-bond donors (Lipinski definition) is 1. The van der Waals surface area contributed by atoms with Crippen molar-refractivity contribution in [1.29, 1.82) is 0 Å². The quantitative estimate of drug-likeness (QED) is 0.542. The van der Waals surface area contributed by atoms with Crippen LogP contribution in [0.4, 0.5) is 5.69 Å². The molecule has 36 heavy (non-hydrogen) atoms. The molecule has 1 aliphatic heterocycles. The summed E-state index contributed by atoms with van der Waals surface area (Å²) in [6.45, 7) is 12.5. The lowest BCUT2D eigenvalue weighted by Crippen LogP contribution is -2.55. The highest BCUT2D eigenvalue weighted by Gasteiger charge is 2.52. The van der Waals surface area contributed by atoms with Gasteiger partial charge in [-0.3, -0.25) is 9.59 Å². The van der Waals surface area contributed by atoms with Gasteiger partial charge >= 0.3 is 0 Å². The predicted octanol–water partition coefficient (Wildman–Crippen LogP) is 3.08. The lowest BCUT2D eigenvalue weighted by atomic mass is 10.00. The molecule has 1 aliphatic rings. The van der Waals surface area contributed by atoms with E-state index in [-0.39, 0.29) is 21.9 Å². The molecule has 0 aliphatic carbocycles. The van der Waals surface area contributed by atoms with Gasteiger partial charge in [0.05, 0.1) is 21.9 Å². The molecule has 0 bridgehead atoms. The fraction of sp³-hybridized carbons (Fsp3) is 0.440. The SMILES string of the molecule is CCC(C)(C)N(C1CC(=O)N(c2ccc(S(N)(=O)=O)cc2)C1=O)S(=O)(=O)c1c(C)c(C)cc(C)c1C. The molecule has 3 rings (SSSR count). The fourth-order valence-corrected chi connectivity index (χ4v) is 7.68. The number of nitrogens with two attached hydrogens (primary N) is 1. The van der Waals surface area contributed by atoms with Crippen molar-refractivity contribution in [2.24, 2.45) is 5.14 Å². The van der Waals surface area contributed by atoms with Crippen molar-refractivity contribution < 1.29 is 26.4 Å². The van der Waals surface area contributed by atoms with Gasteiger partial charge in [-0.05, 0) is 94.5 Å². The number of benzene rings is 2. The highest BCUT2D eigenvalue weighted by atomic mass is 32.2. The molecular weight excluding hydrogens is 502 g/mol. The molecular formula is C25H33N3O6S2. The van der Waals surface area contributed by atoms with E-state index in [1.165, 1.54) is 28.6 Å². The van der Waals surface area contributed by atoms with Gasteiger partial charge in [0, 0.05) is 5.54 Å². The summed E-state index contributed by atoms with van der Waals surface area (Å²) < 4.78 is 52.9. The van der Waals surface area contributed by atoms with Crippen molar-refractivity contribution >= 4 is 37.5 Å². The zero-order valence-electron chi connectivity index (χ0n) is 21.6. The van der Waals surface area contributed by atoms with Gasteiger partial charge in [0.15, 0.2) is 0 Å². The molecule has 2 amide bonds. The third-order valence-corrected chi connectivity index (χ3v) is 10.4. The molecule has 1 atom stereocenters. The van der Waals surface area contributed by atoms with Crippen LogP contribution in [0.15, 0.2) is 40.1 Å². The van der Waals surface area contributed by atoms with Crippen molar-refractivity contribution in [2.75, 3.05) is 4.90 Å². The predicted molar refractivity (Wildman–Crippen MR) is 137 cm³/mol. The molecule has 0 spiro atoms. The van der Waals surface area contributed by atoms with E-state index in [9.17, 15) is 26.4 Å². The molecule has 0 radical (unpaired) electrons. The van der Waals surface area contributed by atoms with Crippen LogP contribution in [0, 0.1) is 27.7 Å². The van der Waals surface area contributed by atoms with Gasteiger partial charge in [0.1, 0.15) is 6.04 Å². The first kappa shape index (κ1) is 28.0. The van der Waals surface area contributed by atoms with Crippen molar-refractivity contribution in [2.45, 2.75) is 82.7 Å². The fourth-order valence-electron chi connectivity index (χ4n) is 4.59. The molecule has 0 aromatic heterocycles. The van der Waals surface area contributed by atoms with Crippen LogP contribution >= 0.6 is 0 Å². The summed E-state index contributed by atoms with van der Waals surface area (Å²) in [6, 6.07) is 5.68. The minimum atomic E-state index is -4.21. The van der Waals surface area contributed by atoms with Crippen LogP contribution in [-0.4, -0.2) is 44.5 Å². The van der Waals surface area contributed by atoms with Crippen LogP contribution in [0.3, 0.4) is 0 Å². The van der Waals surface area contributed by atoms with Gasteiger partial charge in [-0.1, -0.05) is 13.0 Å². The Bertz CT molecular complexity index is 1420. The first-order chi connectivity index (χ1) is 16.4. The van der Waals surface area contributed by atoms with E-state index in [1.54, 1.807) is 27.7 Å². The molecule has 2 aromatic carbocycles. The molecule has 2 N–H and O–H groups in total. The number of anilines is 1. The number of nitrogens with zero attached hydrogens (tertiary/aromatic N) is 2. The van der Waals surface area contributed by atoms with Crippen LogP contribution in [0.5, 0.6) is 0 Å². The number of sulfonamides is 2. The number of hydrogen-bond acceptors (Lipinski definition) is 6. The lowest BCUT2D eigenvalue weighted by molar-refractivity contribution is -0.122. The summed E-state index contributed by atoms with van der Waals surface area (Å²) in [7, 11) is -8.17. The smallest absolute Gasteiger partial charge is 0.252 e. The number of carbonyl (C=O) groups is 2. The maximum absolute atomic E-state index is 14.3. The molecule has 9 nitrogen and oxygen atoms in total. The average molecular weight is 536 g/mol. The Balaban J connectivity index is 2.16. The Kier molecular flexibility index (Phi) is 7.28. The zero-order chi connectivity index (χ0) is 27.4. The van der Waals surface area contributed by atoms with E-state index in [4.69, 9.17) is 5.14 Å². The summed E-state index contributed by atoms with van der Waals surface area (Å²) in [5, 5.41) is 5.14. The topological polar surface area (TPSA) is 135 Å². The van der Waals surface area contributed by atoms with Crippen molar-refractivity contribution in [1.82, 2.24) is 4.31 Å². The van der Waals surface area contributed by atoms with E-state index in [1.807, 2.05) is 26.8 Å². The standard InChI is InChI=1S/C25H33N3O6S2/c1-8-25(6,7)28(36(33,34)23-17(4)15(2)13-16(3)18(23)5)21-14-22(29)27(24(21)30)19-9-11-20(12-10-19)35(26,31)32/h9-13,21H,8,14H2,1-7H3,(H2,26,31,32). The number of amides is 2. The Labute approximate surface area is 213 Å². The maximum Gasteiger partial charge on any atom is 0.252 e. The minimum Gasteiger partial charge on any atom is -0.274 e. The summed E-state index contributed by atoms with van der Waals surface area (Å²) >= 11 is 0. The summed E-state index contributed by atoms with van der Waals surface area (Å²) in [6.07, 6.45) is 0.0669. The van der Waals surface area contributed by atoms with Gasteiger partial charge < -0.3 is 0 Å². The van der Waals surface area contributed by atoms with E-state index in [0.717, 1.165) is 16.0 Å². The zero-order valence-corrected chi connectivity index (χ0v) is 23.2. The number of aryl methyl sites for hydroxylation is 2. The normalized spacial score (nSPS) is 17.4. The first-order valence-corrected chi connectivity index (χ1v) is 14.6. The Morgan fingerprint density at radius 3 is 1.92 bits per heavy atom. The first-order valence-electron chi connectivity index (χ1n) is 11.6.